The van der Waals surface area contributed by atoms with Crippen LogP contribution < -0.4 is 9.62 Å². The van der Waals surface area contributed by atoms with Crippen molar-refractivity contribution in [1.29, 1.82) is 0 Å². The van der Waals surface area contributed by atoms with Crippen LogP contribution in [-0.2, 0) is 26.2 Å². The molecule has 220 valence electrons. The molecule has 2 unspecified atom stereocenters. The van der Waals surface area contributed by atoms with Crippen LogP contribution in [0.5, 0.6) is 0 Å². The summed E-state index contributed by atoms with van der Waals surface area (Å²) >= 11 is 25.0. The van der Waals surface area contributed by atoms with E-state index in [1.54, 1.807) is 43.3 Å². The Morgan fingerprint density at radius 2 is 1.51 bits per heavy atom. The molecule has 2 atom stereocenters. The number of nitrogens with zero attached hydrogens (tertiary/aromatic N) is 2. The third-order valence-electron chi connectivity index (χ3n) is 6.51. The normalized spacial score (nSPS) is 12.9. The van der Waals surface area contributed by atoms with E-state index in [-0.39, 0.29) is 50.6 Å². The number of nitrogens with one attached hydrogen (secondary N) is 1. The van der Waals surface area contributed by atoms with Crippen molar-refractivity contribution in [3.63, 3.8) is 0 Å². The molecule has 0 spiro atoms. The zero-order chi connectivity index (χ0) is 30.3. The second kappa shape index (κ2) is 14.6. The lowest BCUT2D eigenvalue weighted by Crippen LogP contribution is -2.53. The molecule has 0 aromatic heterocycles. The molecule has 0 fully saturated rings. The van der Waals surface area contributed by atoms with Crippen LogP contribution in [-0.4, -0.2) is 43.8 Å². The highest BCUT2D eigenvalue weighted by Crippen LogP contribution is 2.33. The molecular weight excluding hydrogens is 628 g/mol. The first kappa shape index (κ1) is 33.0. The molecule has 0 aliphatic rings. The van der Waals surface area contributed by atoms with E-state index in [9.17, 15) is 18.0 Å². The smallest absolute Gasteiger partial charge is 0.264 e. The minimum atomic E-state index is -4.28. The van der Waals surface area contributed by atoms with Crippen LogP contribution in [0.2, 0.25) is 20.1 Å². The van der Waals surface area contributed by atoms with Crippen LogP contribution in [0.15, 0.2) is 71.6 Å². The Balaban J connectivity index is 2.10. The van der Waals surface area contributed by atoms with Crippen LogP contribution in [0.3, 0.4) is 0 Å². The molecule has 0 saturated carbocycles. The zero-order valence-electron chi connectivity index (χ0n) is 22.8. The maximum atomic E-state index is 14.1. The highest BCUT2D eigenvalue weighted by atomic mass is 35.5. The molecule has 3 rings (SSSR count). The summed E-state index contributed by atoms with van der Waals surface area (Å²) in [7, 11) is -4.28. The van der Waals surface area contributed by atoms with Gasteiger partial charge in [0, 0.05) is 17.6 Å². The highest BCUT2D eigenvalue weighted by Gasteiger charge is 2.34. The quantitative estimate of drug-likeness (QED) is 0.223. The highest BCUT2D eigenvalue weighted by molar-refractivity contribution is 7.92. The number of hydrogen-bond acceptors (Lipinski definition) is 4. The number of sulfonamides is 1. The molecule has 1 N–H and O–H groups in total. The molecule has 3 aromatic rings. The van der Waals surface area contributed by atoms with Crippen LogP contribution >= 0.6 is 46.4 Å². The summed E-state index contributed by atoms with van der Waals surface area (Å²) in [6.07, 6.45) is 0.970. The maximum Gasteiger partial charge on any atom is 0.264 e. The largest absolute Gasteiger partial charge is 0.352 e. The molecule has 7 nitrogen and oxygen atoms in total. The molecule has 12 heteroatoms. The minimum absolute atomic E-state index is 0.0232. The SMILES string of the molecule is CCC(C)NC(=O)C(CC)N(Cc1ccc(Cl)c(Cl)c1)C(=O)CN(c1cc(Cl)ccc1Cl)S(=O)(=O)c1ccccc1. The van der Waals surface area contributed by atoms with Gasteiger partial charge in [-0.2, -0.15) is 0 Å². The molecular formula is C29H31Cl4N3O4S. The zero-order valence-corrected chi connectivity index (χ0v) is 26.6. The molecule has 2 amide bonds. The summed E-state index contributed by atoms with van der Waals surface area (Å²) in [5.41, 5.74) is 0.642. The molecule has 0 saturated heterocycles. The number of carbonyl (C=O) groups excluding carboxylic acids is 2. The summed E-state index contributed by atoms with van der Waals surface area (Å²) < 4.78 is 28.7. The fraction of sp³-hybridized carbons (Fsp3) is 0.310. The fourth-order valence-corrected chi connectivity index (χ4v) is 6.31. The molecule has 0 heterocycles. The standard InChI is InChI=1S/C29H31Cl4N3O4S/c1-4-19(3)34-29(38)26(5-2)35(17-20-11-13-23(31)25(33)15-20)28(37)18-36(27-16-21(30)12-14-24(27)32)41(39,40)22-9-7-6-8-10-22/h6-16,19,26H,4-5,17-18H2,1-3H3,(H,34,38). The minimum Gasteiger partial charge on any atom is -0.352 e. The number of rotatable bonds is 12. The van der Waals surface area contributed by atoms with Crippen molar-refractivity contribution in [2.75, 3.05) is 10.8 Å². The van der Waals surface area contributed by atoms with E-state index in [4.69, 9.17) is 46.4 Å². The second-order valence-electron chi connectivity index (χ2n) is 9.43. The van der Waals surface area contributed by atoms with Crippen molar-refractivity contribution < 1.29 is 18.0 Å². The van der Waals surface area contributed by atoms with Crippen molar-refractivity contribution in [2.24, 2.45) is 0 Å². The van der Waals surface area contributed by atoms with Gasteiger partial charge in [0.2, 0.25) is 11.8 Å². The van der Waals surface area contributed by atoms with Gasteiger partial charge in [-0.15, -0.1) is 0 Å². The molecule has 0 radical (unpaired) electrons. The summed E-state index contributed by atoms with van der Waals surface area (Å²) in [5, 5.41) is 3.87. The number of benzene rings is 3. The Morgan fingerprint density at radius 3 is 2.12 bits per heavy atom. The molecule has 0 aliphatic heterocycles. The Labute approximate surface area is 261 Å². The summed E-state index contributed by atoms with van der Waals surface area (Å²) in [6.45, 7) is 4.91. The molecule has 41 heavy (non-hydrogen) atoms. The Morgan fingerprint density at radius 1 is 0.854 bits per heavy atom. The first-order chi connectivity index (χ1) is 19.4. The Hall–Kier alpha value is -2.49. The third-order valence-corrected chi connectivity index (χ3v) is 9.58. The van der Waals surface area contributed by atoms with Crippen LogP contribution in [0.4, 0.5) is 5.69 Å². The Kier molecular flexibility index (Phi) is 11.8. The van der Waals surface area contributed by atoms with Crippen molar-refractivity contribution in [3.8, 4) is 0 Å². The van der Waals surface area contributed by atoms with Gasteiger partial charge in [-0.3, -0.25) is 13.9 Å². The van der Waals surface area contributed by atoms with Crippen LogP contribution in [0.25, 0.3) is 0 Å². The first-order valence-corrected chi connectivity index (χ1v) is 15.9. The van der Waals surface area contributed by atoms with E-state index < -0.39 is 28.5 Å². The van der Waals surface area contributed by atoms with E-state index in [0.29, 0.717) is 17.0 Å². The van der Waals surface area contributed by atoms with E-state index in [2.05, 4.69) is 5.32 Å². The first-order valence-electron chi connectivity index (χ1n) is 13.0. The van der Waals surface area contributed by atoms with Gasteiger partial charge in [0.15, 0.2) is 0 Å². The summed E-state index contributed by atoms with van der Waals surface area (Å²) in [6, 6.07) is 15.9. The summed E-state index contributed by atoms with van der Waals surface area (Å²) in [5.74, 6) is -0.980. The van der Waals surface area contributed by atoms with Gasteiger partial charge in [0.05, 0.1) is 25.7 Å². The number of amides is 2. The van der Waals surface area contributed by atoms with Gasteiger partial charge in [-0.25, -0.2) is 8.42 Å². The Bertz CT molecular complexity index is 1490. The van der Waals surface area contributed by atoms with Crippen molar-refractivity contribution in [2.45, 2.75) is 57.1 Å². The average molecular weight is 659 g/mol. The van der Waals surface area contributed by atoms with E-state index in [1.807, 2.05) is 13.8 Å². The van der Waals surface area contributed by atoms with Crippen molar-refractivity contribution >= 4 is 73.9 Å². The number of halogens is 4. The topological polar surface area (TPSA) is 86.8 Å². The fourth-order valence-electron chi connectivity index (χ4n) is 4.11. The summed E-state index contributed by atoms with van der Waals surface area (Å²) in [4.78, 5) is 28.8. The van der Waals surface area contributed by atoms with Crippen LogP contribution in [0, 0.1) is 0 Å². The van der Waals surface area contributed by atoms with Gasteiger partial charge in [-0.1, -0.05) is 84.5 Å². The van der Waals surface area contributed by atoms with Gasteiger partial charge in [0.1, 0.15) is 12.6 Å². The van der Waals surface area contributed by atoms with E-state index in [1.165, 1.54) is 35.2 Å². The monoisotopic (exact) mass is 657 g/mol. The lowest BCUT2D eigenvalue weighted by Gasteiger charge is -2.34. The van der Waals surface area contributed by atoms with Gasteiger partial charge < -0.3 is 10.2 Å². The van der Waals surface area contributed by atoms with Gasteiger partial charge >= 0.3 is 0 Å². The molecule has 0 bridgehead atoms. The average Bonchev–Trinajstić information content (AvgIpc) is 2.95. The van der Waals surface area contributed by atoms with E-state index in [0.717, 1.165) is 4.31 Å². The predicted octanol–water partition coefficient (Wildman–Crippen LogP) is 7.22. The third kappa shape index (κ3) is 8.30. The number of carbonyl (C=O) groups is 2. The lowest BCUT2D eigenvalue weighted by atomic mass is 10.1. The number of hydrogen-bond donors (Lipinski definition) is 1. The maximum absolute atomic E-state index is 14.1. The van der Waals surface area contributed by atoms with Gasteiger partial charge in [-0.05, 0) is 67.8 Å². The number of anilines is 1. The van der Waals surface area contributed by atoms with Crippen molar-refractivity contribution in [3.05, 3.63) is 92.4 Å². The molecule has 3 aromatic carbocycles. The van der Waals surface area contributed by atoms with Crippen LogP contribution in [0.1, 0.15) is 39.2 Å². The second-order valence-corrected chi connectivity index (χ2v) is 13.0. The lowest BCUT2D eigenvalue weighted by molar-refractivity contribution is -0.140. The predicted molar refractivity (Wildman–Crippen MR) is 166 cm³/mol. The molecule has 0 aliphatic carbocycles. The van der Waals surface area contributed by atoms with E-state index >= 15 is 0 Å². The van der Waals surface area contributed by atoms with Gasteiger partial charge in [0.25, 0.3) is 10.0 Å². The van der Waals surface area contributed by atoms with Crippen molar-refractivity contribution in [1.82, 2.24) is 10.2 Å².